The van der Waals surface area contributed by atoms with Crippen molar-refractivity contribution in [3.05, 3.63) is 11.9 Å². The molecule has 20 heavy (non-hydrogen) atoms. The molecule has 3 rings (SSSR count). The van der Waals surface area contributed by atoms with Crippen molar-refractivity contribution in [2.75, 3.05) is 11.9 Å². The molecule has 1 aromatic rings. The van der Waals surface area contributed by atoms with Crippen LogP contribution in [0, 0.1) is 5.92 Å². The summed E-state index contributed by atoms with van der Waals surface area (Å²) in [7, 11) is 0. The van der Waals surface area contributed by atoms with Gasteiger partial charge in [0.05, 0.1) is 0 Å². The summed E-state index contributed by atoms with van der Waals surface area (Å²) in [5.41, 5.74) is 0.548. The molecule has 1 aliphatic carbocycles. The molecule has 5 nitrogen and oxygen atoms in total. The summed E-state index contributed by atoms with van der Waals surface area (Å²) in [6, 6.07) is 0.331. The summed E-state index contributed by atoms with van der Waals surface area (Å²) >= 11 is 0. The van der Waals surface area contributed by atoms with E-state index in [1.54, 1.807) is 0 Å². The Bertz CT molecular complexity index is 451. The fourth-order valence-corrected chi connectivity index (χ4v) is 3.26. The van der Waals surface area contributed by atoms with Crippen LogP contribution in [0.4, 0.5) is 5.95 Å². The normalized spacial score (nSPS) is 25.6. The number of fused-ring (bicyclic) bond motifs is 1. The van der Waals surface area contributed by atoms with Crippen molar-refractivity contribution in [3.8, 4) is 0 Å². The predicted molar refractivity (Wildman–Crippen MR) is 78.8 cm³/mol. The van der Waals surface area contributed by atoms with Crippen molar-refractivity contribution in [2.45, 2.75) is 58.0 Å². The Morgan fingerprint density at radius 3 is 2.95 bits per heavy atom. The standard InChI is InChI=1S/C15H24N4O/c1-2-11-4-6-12(7-5-11)17-14(20)13-10-19-9-3-8-16-15(19)18-13/h10-12H,2-9H2,1H3,(H,16,18)(H,17,20). The van der Waals surface area contributed by atoms with Crippen LogP contribution in [0.1, 0.15) is 55.9 Å². The first kappa shape index (κ1) is 13.5. The fourth-order valence-electron chi connectivity index (χ4n) is 3.26. The minimum atomic E-state index is -0.0198. The molecule has 1 aliphatic heterocycles. The number of amides is 1. The fraction of sp³-hybridized carbons (Fsp3) is 0.733. The van der Waals surface area contributed by atoms with Crippen LogP contribution in [-0.4, -0.2) is 28.0 Å². The molecular weight excluding hydrogens is 252 g/mol. The van der Waals surface area contributed by atoms with Gasteiger partial charge in [0, 0.05) is 25.3 Å². The van der Waals surface area contributed by atoms with E-state index in [-0.39, 0.29) is 5.91 Å². The van der Waals surface area contributed by atoms with Crippen LogP contribution in [0.3, 0.4) is 0 Å². The second-order valence-electron chi connectivity index (χ2n) is 6.02. The maximum absolute atomic E-state index is 12.3. The van der Waals surface area contributed by atoms with Crippen LogP contribution in [0.2, 0.25) is 0 Å². The highest BCUT2D eigenvalue weighted by Crippen LogP contribution is 2.26. The van der Waals surface area contributed by atoms with E-state index < -0.39 is 0 Å². The Labute approximate surface area is 120 Å². The van der Waals surface area contributed by atoms with Crippen LogP contribution < -0.4 is 10.6 Å². The molecule has 0 unspecified atom stereocenters. The molecule has 1 amide bonds. The van der Waals surface area contributed by atoms with Gasteiger partial charge in [-0.2, -0.15) is 0 Å². The van der Waals surface area contributed by atoms with Crippen molar-refractivity contribution < 1.29 is 4.79 Å². The first-order chi connectivity index (χ1) is 9.76. The molecule has 1 fully saturated rings. The lowest BCUT2D eigenvalue weighted by Crippen LogP contribution is -2.37. The van der Waals surface area contributed by atoms with E-state index in [4.69, 9.17) is 0 Å². The zero-order chi connectivity index (χ0) is 13.9. The van der Waals surface area contributed by atoms with E-state index in [0.717, 1.165) is 44.2 Å². The SMILES string of the molecule is CCC1CCC(NC(=O)c2cn3c(n2)NCCC3)CC1. The van der Waals surface area contributed by atoms with Crippen molar-refractivity contribution in [1.29, 1.82) is 0 Å². The average molecular weight is 276 g/mol. The molecule has 0 bridgehead atoms. The van der Waals surface area contributed by atoms with Crippen molar-refractivity contribution in [1.82, 2.24) is 14.9 Å². The smallest absolute Gasteiger partial charge is 0.271 e. The Morgan fingerprint density at radius 2 is 2.25 bits per heavy atom. The molecule has 2 heterocycles. The second kappa shape index (κ2) is 5.85. The summed E-state index contributed by atoms with van der Waals surface area (Å²) in [5, 5.41) is 6.37. The Kier molecular flexibility index (Phi) is 3.94. The van der Waals surface area contributed by atoms with Gasteiger partial charge >= 0.3 is 0 Å². The van der Waals surface area contributed by atoms with E-state index in [2.05, 4.69) is 22.5 Å². The summed E-state index contributed by atoms with van der Waals surface area (Å²) in [6.45, 7) is 4.15. The number of aromatic nitrogens is 2. The van der Waals surface area contributed by atoms with Gasteiger partial charge in [0.15, 0.2) is 0 Å². The largest absolute Gasteiger partial charge is 0.356 e. The number of nitrogens with one attached hydrogen (secondary N) is 2. The number of aryl methyl sites for hydroxylation is 1. The van der Waals surface area contributed by atoms with E-state index >= 15 is 0 Å². The number of nitrogens with zero attached hydrogens (tertiary/aromatic N) is 2. The topological polar surface area (TPSA) is 59.0 Å². The lowest BCUT2D eigenvalue weighted by atomic mass is 9.84. The minimum Gasteiger partial charge on any atom is -0.356 e. The zero-order valence-electron chi connectivity index (χ0n) is 12.2. The number of carbonyl (C=O) groups excluding carboxylic acids is 1. The monoisotopic (exact) mass is 276 g/mol. The quantitative estimate of drug-likeness (QED) is 0.891. The third-order valence-electron chi connectivity index (χ3n) is 4.63. The first-order valence-electron chi connectivity index (χ1n) is 7.88. The van der Waals surface area contributed by atoms with Gasteiger partial charge in [0.1, 0.15) is 5.69 Å². The Morgan fingerprint density at radius 1 is 1.45 bits per heavy atom. The molecule has 110 valence electrons. The summed E-state index contributed by atoms with van der Waals surface area (Å²) in [6.07, 6.45) is 8.91. The minimum absolute atomic E-state index is 0.0198. The molecule has 0 atom stereocenters. The van der Waals surface area contributed by atoms with Gasteiger partial charge in [0.2, 0.25) is 5.95 Å². The van der Waals surface area contributed by atoms with Gasteiger partial charge in [0.25, 0.3) is 5.91 Å². The number of rotatable bonds is 3. The van der Waals surface area contributed by atoms with Crippen molar-refractivity contribution >= 4 is 11.9 Å². The van der Waals surface area contributed by atoms with Crippen LogP contribution >= 0.6 is 0 Å². The number of carbonyl (C=O) groups is 1. The van der Waals surface area contributed by atoms with Crippen LogP contribution in [-0.2, 0) is 6.54 Å². The lowest BCUT2D eigenvalue weighted by molar-refractivity contribution is 0.0917. The summed E-state index contributed by atoms with van der Waals surface area (Å²) in [5.74, 6) is 1.66. The van der Waals surface area contributed by atoms with Gasteiger partial charge in [-0.25, -0.2) is 4.98 Å². The van der Waals surface area contributed by atoms with Gasteiger partial charge < -0.3 is 15.2 Å². The molecule has 5 heteroatoms. The average Bonchev–Trinajstić information content (AvgIpc) is 2.92. The van der Waals surface area contributed by atoms with Gasteiger partial charge in [-0.05, 0) is 38.0 Å². The molecule has 2 aliphatic rings. The third-order valence-corrected chi connectivity index (χ3v) is 4.63. The lowest BCUT2D eigenvalue weighted by Gasteiger charge is -2.28. The molecule has 2 N–H and O–H groups in total. The number of hydrogen-bond donors (Lipinski definition) is 2. The number of hydrogen-bond acceptors (Lipinski definition) is 3. The van der Waals surface area contributed by atoms with Crippen LogP contribution in [0.5, 0.6) is 0 Å². The second-order valence-corrected chi connectivity index (χ2v) is 6.02. The van der Waals surface area contributed by atoms with Gasteiger partial charge in [-0.1, -0.05) is 13.3 Å². The molecular formula is C15H24N4O. The van der Waals surface area contributed by atoms with Gasteiger partial charge in [-0.3, -0.25) is 4.79 Å². The highest BCUT2D eigenvalue weighted by atomic mass is 16.2. The van der Waals surface area contributed by atoms with Crippen molar-refractivity contribution in [2.24, 2.45) is 5.92 Å². The molecule has 0 spiro atoms. The van der Waals surface area contributed by atoms with Crippen molar-refractivity contribution in [3.63, 3.8) is 0 Å². The van der Waals surface area contributed by atoms with Crippen LogP contribution in [0.15, 0.2) is 6.20 Å². The van der Waals surface area contributed by atoms with E-state index in [0.29, 0.717) is 11.7 Å². The molecule has 0 aromatic carbocycles. The van der Waals surface area contributed by atoms with E-state index in [9.17, 15) is 4.79 Å². The third kappa shape index (κ3) is 2.81. The first-order valence-corrected chi connectivity index (χ1v) is 7.88. The number of imidazole rings is 1. The highest BCUT2D eigenvalue weighted by Gasteiger charge is 2.23. The summed E-state index contributed by atoms with van der Waals surface area (Å²) < 4.78 is 2.03. The highest BCUT2D eigenvalue weighted by molar-refractivity contribution is 5.92. The maximum Gasteiger partial charge on any atom is 0.271 e. The Balaban J connectivity index is 1.58. The predicted octanol–water partition coefficient (Wildman–Crippen LogP) is 2.40. The van der Waals surface area contributed by atoms with Gasteiger partial charge in [-0.15, -0.1) is 0 Å². The number of anilines is 1. The Hall–Kier alpha value is -1.52. The van der Waals surface area contributed by atoms with E-state index in [1.165, 1.54) is 19.3 Å². The zero-order valence-corrected chi connectivity index (χ0v) is 12.2. The van der Waals surface area contributed by atoms with Crippen LogP contribution in [0.25, 0.3) is 0 Å². The maximum atomic E-state index is 12.3. The molecule has 1 aromatic heterocycles. The molecule has 0 radical (unpaired) electrons. The van der Waals surface area contributed by atoms with E-state index in [1.807, 2.05) is 10.8 Å². The molecule has 0 saturated heterocycles. The summed E-state index contributed by atoms with van der Waals surface area (Å²) in [4.78, 5) is 16.7. The molecule has 1 saturated carbocycles.